The summed E-state index contributed by atoms with van der Waals surface area (Å²) in [4.78, 5) is 29.0. The van der Waals surface area contributed by atoms with E-state index in [1.165, 1.54) is 4.57 Å². The number of rotatable bonds is 16. The summed E-state index contributed by atoms with van der Waals surface area (Å²) in [5, 5.41) is 3.42. The molecule has 1 aromatic carbocycles. The van der Waals surface area contributed by atoms with Crippen molar-refractivity contribution in [2.45, 2.75) is 50.6 Å². The van der Waals surface area contributed by atoms with Crippen LogP contribution in [0.25, 0.3) is 0 Å². The standard InChI is InChI=1S/C31H45N3O7/c1-33-20-29(41-21-39-4)27(17-30(33)35)26-9-10-32-18-28(26)31(36)34(24-7-8-24)19-23-14-22(6-5-11-37-2)15-25(16-23)40-13-12-38-3/h14-17,20,24,26,28,32H,5-13,18-19,21H2,1-4H3/t26-,28+/m0/s1. The van der Waals surface area contributed by atoms with E-state index in [9.17, 15) is 9.59 Å². The zero-order valence-electron chi connectivity index (χ0n) is 24.9. The second-order valence-corrected chi connectivity index (χ2v) is 10.9. The number of piperidine rings is 1. The molecular formula is C31H45N3O7. The van der Waals surface area contributed by atoms with Gasteiger partial charge < -0.3 is 38.5 Å². The van der Waals surface area contributed by atoms with Crippen molar-refractivity contribution in [1.82, 2.24) is 14.8 Å². The molecular weight excluding hydrogens is 526 g/mol. The Balaban J connectivity index is 1.60. The molecule has 10 nitrogen and oxygen atoms in total. The lowest BCUT2D eigenvalue weighted by molar-refractivity contribution is -0.138. The molecule has 1 aliphatic heterocycles. The molecule has 1 aromatic heterocycles. The van der Waals surface area contributed by atoms with Crippen LogP contribution in [0.15, 0.2) is 35.3 Å². The maximum Gasteiger partial charge on any atom is 0.250 e. The van der Waals surface area contributed by atoms with E-state index < -0.39 is 0 Å². The van der Waals surface area contributed by atoms with Crippen LogP contribution in [0.1, 0.15) is 48.3 Å². The average Bonchev–Trinajstić information content (AvgIpc) is 3.82. The molecule has 2 aromatic rings. The Morgan fingerprint density at radius 2 is 1.76 bits per heavy atom. The van der Waals surface area contributed by atoms with Crippen molar-refractivity contribution in [3.05, 3.63) is 57.5 Å². The smallest absolute Gasteiger partial charge is 0.250 e. The van der Waals surface area contributed by atoms with E-state index in [-0.39, 0.29) is 36.1 Å². The highest BCUT2D eigenvalue weighted by Gasteiger charge is 2.41. The second-order valence-electron chi connectivity index (χ2n) is 10.9. The number of ether oxygens (including phenoxy) is 5. The molecule has 10 heteroatoms. The third kappa shape index (κ3) is 8.54. The SMILES string of the molecule is COCCCc1cc(CN(C(=O)[C@@H]2CNCC[C@H]2c2cc(=O)n(C)cc2OCOC)C2CC2)cc(OCCOC)c1. The van der Waals surface area contributed by atoms with Crippen LogP contribution in [0.3, 0.4) is 0 Å². The minimum atomic E-state index is -0.316. The van der Waals surface area contributed by atoms with Crippen LogP contribution >= 0.6 is 0 Å². The van der Waals surface area contributed by atoms with E-state index in [1.807, 2.05) is 11.0 Å². The van der Waals surface area contributed by atoms with E-state index in [0.717, 1.165) is 61.1 Å². The number of carbonyl (C=O) groups is 1. The number of hydrogen-bond donors (Lipinski definition) is 1. The molecule has 1 N–H and O–H groups in total. The monoisotopic (exact) mass is 571 g/mol. The van der Waals surface area contributed by atoms with Gasteiger partial charge in [-0.25, -0.2) is 0 Å². The summed E-state index contributed by atoms with van der Waals surface area (Å²) in [5.41, 5.74) is 2.85. The lowest BCUT2D eigenvalue weighted by Gasteiger charge is -2.36. The molecule has 1 aliphatic carbocycles. The number of benzene rings is 1. The predicted octanol–water partition coefficient (Wildman–Crippen LogP) is 2.86. The third-order valence-electron chi connectivity index (χ3n) is 7.77. The Morgan fingerprint density at radius 3 is 2.49 bits per heavy atom. The minimum Gasteiger partial charge on any atom is -0.491 e. The summed E-state index contributed by atoms with van der Waals surface area (Å²) in [6, 6.07) is 8.11. The number of hydrogen-bond acceptors (Lipinski definition) is 8. The zero-order chi connectivity index (χ0) is 29.2. The topological polar surface area (TPSA) is 100 Å². The number of nitrogens with one attached hydrogen (secondary N) is 1. The quantitative estimate of drug-likeness (QED) is 0.243. The fourth-order valence-corrected chi connectivity index (χ4v) is 5.54. The molecule has 0 bridgehead atoms. The minimum absolute atomic E-state index is 0.0679. The zero-order valence-corrected chi connectivity index (χ0v) is 24.9. The second kappa shape index (κ2) is 15.3. The Kier molecular flexibility index (Phi) is 11.6. The van der Waals surface area contributed by atoms with Gasteiger partial charge >= 0.3 is 0 Å². The van der Waals surface area contributed by atoms with E-state index in [2.05, 4.69) is 17.4 Å². The Hall–Kier alpha value is -2.92. The van der Waals surface area contributed by atoms with Crippen LogP contribution in [-0.2, 0) is 39.0 Å². The summed E-state index contributed by atoms with van der Waals surface area (Å²) < 4.78 is 28.9. The molecule has 1 saturated carbocycles. The molecule has 4 rings (SSSR count). The predicted molar refractivity (Wildman–Crippen MR) is 155 cm³/mol. The fourth-order valence-electron chi connectivity index (χ4n) is 5.54. The number of methoxy groups -OCH3 is 3. The first-order valence-corrected chi connectivity index (χ1v) is 14.5. The molecule has 0 radical (unpaired) electrons. The van der Waals surface area contributed by atoms with Crippen molar-refractivity contribution in [2.75, 3.05) is 61.0 Å². The van der Waals surface area contributed by atoms with Gasteiger partial charge in [0.2, 0.25) is 5.91 Å². The van der Waals surface area contributed by atoms with Crippen molar-refractivity contribution >= 4 is 5.91 Å². The number of amides is 1. The lowest BCUT2D eigenvalue weighted by atomic mass is 9.80. The van der Waals surface area contributed by atoms with E-state index in [1.54, 1.807) is 40.6 Å². The van der Waals surface area contributed by atoms with Crippen LogP contribution in [0.5, 0.6) is 11.5 Å². The summed E-state index contributed by atoms with van der Waals surface area (Å²) in [5.74, 6) is 1.02. The van der Waals surface area contributed by atoms with Crippen molar-refractivity contribution in [2.24, 2.45) is 13.0 Å². The van der Waals surface area contributed by atoms with Crippen molar-refractivity contribution in [1.29, 1.82) is 0 Å². The Labute approximate surface area is 242 Å². The Morgan fingerprint density at radius 1 is 0.976 bits per heavy atom. The molecule has 1 saturated heterocycles. The first-order valence-electron chi connectivity index (χ1n) is 14.5. The lowest BCUT2D eigenvalue weighted by Crippen LogP contribution is -2.47. The van der Waals surface area contributed by atoms with Crippen molar-refractivity contribution < 1.29 is 28.5 Å². The molecule has 2 fully saturated rings. The summed E-state index contributed by atoms with van der Waals surface area (Å²) >= 11 is 0. The van der Waals surface area contributed by atoms with Gasteiger partial charge in [0.1, 0.15) is 18.1 Å². The third-order valence-corrected chi connectivity index (χ3v) is 7.77. The molecule has 1 amide bonds. The molecule has 0 spiro atoms. The average molecular weight is 572 g/mol. The molecule has 41 heavy (non-hydrogen) atoms. The van der Waals surface area contributed by atoms with Gasteiger partial charge in [-0.15, -0.1) is 0 Å². The number of nitrogens with zero attached hydrogens (tertiary/aromatic N) is 2. The molecule has 226 valence electrons. The number of carbonyl (C=O) groups excluding carboxylic acids is 1. The maximum atomic E-state index is 14.3. The first-order chi connectivity index (χ1) is 19.9. The van der Waals surface area contributed by atoms with Gasteiger partial charge in [-0.1, -0.05) is 6.07 Å². The van der Waals surface area contributed by atoms with Crippen LogP contribution in [-0.4, -0.2) is 82.4 Å². The van der Waals surface area contributed by atoms with Crippen molar-refractivity contribution in [3.63, 3.8) is 0 Å². The Bertz CT molecular complexity index is 1170. The highest BCUT2D eigenvalue weighted by atomic mass is 16.7. The van der Waals surface area contributed by atoms with E-state index in [4.69, 9.17) is 23.7 Å². The van der Waals surface area contributed by atoms with Gasteiger partial charge in [-0.3, -0.25) is 9.59 Å². The highest BCUT2D eigenvalue weighted by Crippen LogP contribution is 2.39. The fraction of sp³-hybridized carbons (Fsp3) is 0.613. The summed E-state index contributed by atoms with van der Waals surface area (Å²) in [6.45, 7) is 3.54. The number of pyridine rings is 1. The van der Waals surface area contributed by atoms with Crippen LogP contribution in [0.4, 0.5) is 0 Å². The molecule has 0 unspecified atom stereocenters. The van der Waals surface area contributed by atoms with Crippen LogP contribution < -0.4 is 20.3 Å². The van der Waals surface area contributed by atoms with Gasteiger partial charge in [0, 0.05) is 77.9 Å². The highest BCUT2D eigenvalue weighted by molar-refractivity contribution is 5.81. The molecule has 2 heterocycles. The molecule has 2 aliphatic rings. The van der Waals surface area contributed by atoms with E-state index >= 15 is 0 Å². The van der Waals surface area contributed by atoms with Gasteiger partial charge in [-0.05, 0) is 61.9 Å². The number of aryl methyl sites for hydroxylation is 2. The summed E-state index contributed by atoms with van der Waals surface area (Å²) in [7, 11) is 6.62. The number of aromatic nitrogens is 1. The van der Waals surface area contributed by atoms with Gasteiger partial charge in [-0.2, -0.15) is 0 Å². The summed E-state index contributed by atoms with van der Waals surface area (Å²) in [6.07, 6.45) is 6.19. The first kappa shape index (κ1) is 31.0. The van der Waals surface area contributed by atoms with Crippen LogP contribution in [0, 0.1) is 5.92 Å². The van der Waals surface area contributed by atoms with Gasteiger partial charge in [0.25, 0.3) is 5.56 Å². The van der Waals surface area contributed by atoms with E-state index in [0.29, 0.717) is 38.7 Å². The maximum absolute atomic E-state index is 14.3. The van der Waals surface area contributed by atoms with Gasteiger partial charge in [0.15, 0.2) is 6.79 Å². The van der Waals surface area contributed by atoms with Gasteiger partial charge in [0.05, 0.1) is 12.5 Å². The van der Waals surface area contributed by atoms with Crippen LogP contribution in [0.2, 0.25) is 0 Å². The van der Waals surface area contributed by atoms with Crippen molar-refractivity contribution in [3.8, 4) is 11.5 Å². The molecule has 2 atom stereocenters. The largest absolute Gasteiger partial charge is 0.491 e. The normalized spacial score (nSPS) is 18.7.